The molecule has 0 amide bonds. The highest BCUT2D eigenvalue weighted by atomic mass is 32.1. The summed E-state index contributed by atoms with van der Waals surface area (Å²) in [4.78, 5) is 44.8. The Balaban J connectivity index is 1.52. The van der Waals surface area contributed by atoms with Gasteiger partial charge in [0.2, 0.25) is 0 Å². The summed E-state index contributed by atoms with van der Waals surface area (Å²) in [6.07, 6.45) is 1.84. The molecular weight excluding hydrogens is 661 g/mol. The smallest absolute Gasteiger partial charge is 0.343 e. The molecule has 0 fully saturated rings. The molecule has 0 spiro atoms. The van der Waals surface area contributed by atoms with Crippen molar-refractivity contribution < 1.29 is 32.9 Å². The first kappa shape index (κ1) is 34.4. The van der Waals surface area contributed by atoms with Crippen LogP contribution >= 0.6 is 11.3 Å². The molecule has 0 radical (unpaired) electrons. The molecule has 258 valence electrons. The fourth-order valence-corrected chi connectivity index (χ4v) is 7.18. The van der Waals surface area contributed by atoms with Gasteiger partial charge in [0.15, 0.2) is 22.9 Å². The van der Waals surface area contributed by atoms with Crippen LogP contribution in [0.3, 0.4) is 0 Å². The molecule has 12 heteroatoms. The zero-order valence-electron chi connectivity index (χ0n) is 28.3. The summed E-state index contributed by atoms with van der Waals surface area (Å²) >= 11 is 1.22. The van der Waals surface area contributed by atoms with E-state index in [1.54, 1.807) is 44.2 Å². The summed E-state index contributed by atoms with van der Waals surface area (Å²) in [6.45, 7) is 7.61. The standard InChI is InChI=1S/C38H36FN3O7S/c1-6-47-31-18-24(16-17-30(31)49-21-33(43)46-5)35-34(37(45)48-7-2)22(3)40-38-42(35)36(44)32(50-38)19-27-23(4)41(29-15-11-9-13-26(27)29)20-25-12-8-10-14-28(25)39/h8-19,35H,6-7,20-21H2,1-5H3/b32-19+/t35-/m0/s1. The zero-order chi connectivity index (χ0) is 35.5. The second-order valence-electron chi connectivity index (χ2n) is 11.5. The lowest BCUT2D eigenvalue weighted by atomic mass is 9.95. The number of nitrogens with zero attached hydrogens (tertiary/aromatic N) is 3. The van der Waals surface area contributed by atoms with Crippen molar-refractivity contribution in [3.05, 3.63) is 126 Å². The van der Waals surface area contributed by atoms with Gasteiger partial charge in [-0.15, -0.1) is 0 Å². The largest absolute Gasteiger partial charge is 0.490 e. The number of allylic oxidation sites excluding steroid dienone is 1. The van der Waals surface area contributed by atoms with Crippen molar-refractivity contribution in [2.24, 2.45) is 4.99 Å². The minimum atomic E-state index is -0.898. The Morgan fingerprint density at radius 2 is 1.74 bits per heavy atom. The molecule has 0 N–H and O–H groups in total. The van der Waals surface area contributed by atoms with Crippen LogP contribution < -0.4 is 24.4 Å². The van der Waals surface area contributed by atoms with E-state index in [4.69, 9.17) is 23.9 Å². The van der Waals surface area contributed by atoms with E-state index in [-0.39, 0.29) is 30.2 Å². The highest BCUT2D eigenvalue weighted by Gasteiger charge is 2.34. The van der Waals surface area contributed by atoms with E-state index in [1.807, 2.05) is 54.8 Å². The van der Waals surface area contributed by atoms with Crippen molar-refractivity contribution in [1.82, 2.24) is 9.13 Å². The number of carbonyl (C=O) groups excluding carboxylic acids is 2. The van der Waals surface area contributed by atoms with Crippen molar-refractivity contribution in [3.63, 3.8) is 0 Å². The Hall–Kier alpha value is -5.49. The fraction of sp³-hybridized carbons (Fsp3) is 0.263. The molecular formula is C38H36FN3O7S. The SMILES string of the molecule is CCOC(=O)C1=C(C)N=c2s/c(=C/c3c(C)n(Cc4ccccc4F)c4ccccc34)c(=O)n2[C@H]1c1ccc(OCC(=O)OC)c(OCC)c1. The molecule has 0 bridgehead atoms. The Labute approximate surface area is 291 Å². The number of ether oxygens (including phenoxy) is 4. The number of aromatic nitrogens is 2. The van der Waals surface area contributed by atoms with Crippen LogP contribution in [0.2, 0.25) is 0 Å². The van der Waals surface area contributed by atoms with Crippen LogP contribution in [0, 0.1) is 12.7 Å². The minimum Gasteiger partial charge on any atom is -0.490 e. The molecule has 5 aromatic rings. The maximum Gasteiger partial charge on any atom is 0.343 e. The second-order valence-corrected chi connectivity index (χ2v) is 12.5. The number of methoxy groups -OCH3 is 1. The maximum absolute atomic E-state index is 14.7. The summed E-state index contributed by atoms with van der Waals surface area (Å²) < 4.78 is 40.3. The molecule has 50 heavy (non-hydrogen) atoms. The number of carbonyl (C=O) groups is 2. The van der Waals surface area contributed by atoms with Gasteiger partial charge in [-0.2, -0.15) is 0 Å². The number of halogens is 1. The quantitative estimate of drug-likeness (QED) is 0.175. The van der Waals surface area contributed by atoms with Crippen molar-refractivity contribution in [1.29, 1.82) is 0 Å². The average Bonchev–Trinajstić information content (AvgIpc) is 3.56. The molecule has 1 aliphatic rings. The van der Waals surface area contributed by atoms with Gasteiger partial charge in [-0.1, -0.05) is 53.8 Å². The van der Waals surface area contributed by atoms with E-state index < -0.39 is 18.0 Å². The van der Waals surface area contributed by atoms with Crippen molar-refractivity contribution in [2.75, 3.05) is 26.9 Å². The predicted molar refractivity (Wildman–Crippen MR) is 188 cm³/mol. The Kier molecular flexibility index (Phi) is 10.0. The van der Waals surface area contributed by atoms with E-state index in [2.05, 4.69) is 0 Å². The van der Waals surface area contributed by atoms with Crippen LogP contribution in [0.25, 0.3) is 17.0 Å². The highest BCUT2D eigenvalue weighted by molar-refractivity contribution is 7.07. The third-order valence-electron chi connectivity index (χ3n) is 8.51. The van der Waals surface area contributed by atoms with E-state index >= 15 is 0 Å². The number of hydrogen-bond acceptors (Lipinski definition) is 9. The minimum absolute atomic E-state index is 0.132. The molecule has 3 heterocycles. The lowest BCUT2D eigenvalue weighted by Crippen LogP contribution is -2.40. The molecule has 0 aliphatic carbocycles. The van der Waals surface area contributed by atoms with E-state index in [9.17, 15) is 18.8 Å². The summed E-state index contributed by atoms with van der Waals surface area (Å²) in [5.41, 5.74) is 4.00. The lowest BCUT2D eigenvalue weighted by Gasteiger charge is -2.25. The van der Waals surface area contributed by atoms with Crippen molar-refractivity contribution >= 4 is 40.3 Å². The van der Waals surface area contributed by atoms with E-state index in [0.717, 1.165) is 22.2 Å². The molecule has 6 rings (SSSR count). The fourth-order valence-electron chi connectivity index (χ4n) is 6.16. The van der Waals surface area contributed by atoms with Gasteiger partial charge in [0.05, 0.1) is 48.7 Å². The number of thiazole rings is 1. The molecule has 1 aliphatic heterocycles. The molecule has 2 aromatic heterocycles. The van der Waals surface area contributed by atoms with Crippen molar-refractivity contribution in [3.8, 4) is 11.5 Å². The van der Waals surface area contributed by atoms with Gasteiger partial charge in [-0.05, 0) is 63.6 Å². The third-order valence-corrected chi connectivity index (χ3v) is 9.50. The number of benzene rings is 3. The summed E-state index contributed by atoms with van der Waals surface area (Å²) in [5.74, 6) is -0.814. The van der Waals surface area contributed by atoms with Crippen LogP contribution in [0.15, 0.2) is 87.8 Å². The Morgan fingerprint density at radius 1 is 0.980 bits per heavy atom. The molecule has 0 saturated heterocycles. The number of fused-ring (bicyclic) bond motifs is 2. The van der Waals surface area contributed by atoms with E-state index in [1.165, 1.54) is 29.1 Å². The molecule has 10 nitrogen and oxygen atoms in total. The molecule has 3 aromatic carbocycles. The van der Waals surface area contributed by atoms with Crippen LogP contribution in [0.4, 0.5) is 4.39 Å². The summed E-state index contributed by atoms with van der Waals surface area (Å²) in [5, 5.41) is 0.913. The van der Waals surface area contributed by atoms with Crippen molar-refractivity contribution in [2.45, 2.75) is 40.3 Å². The molecule has 0 saturated carbocycles. The van der Waals surface area contributed by atoms with Crippen LogP contribution in [0.5, 0.6) is 11.5 Å². The first-order valence-electron chi connectivity index (χ1n) is 16.1. The number of esters is 2. The Bertz CT molecular complexity index is 2340. The van der Waals surface area contributed by atoms with Gasteiger partial charge < -0.3 is 23.5 Å². The maximum atomic E-state index is 14.7. The first-order chi connectivity index (χ1) is 24.2. The first-order valence-corrected chi connectivity index (χ1v) is 17.0. The number of hydrogen-bond donors (Lipinski definition) is 0. The van der Waals surface area contributed by atoms with Crippen LogP contribution in [-0.2, 0) is 25.6 Å². The van der Waals surface area contributed by atoms with Gasteiger partial charge in [-0.25, -0.2) is 19.0 Å². The number of rotatable bonds is 11. The second kappa shape index (κ2) is 14.6. The average molecular weight is 698 g/mol. The third kappa shape index (κ3) is 6.46. The Morgan fingerprint density at radius 3 is 2.48 bits per heavy atom. The predicted octanol–water partition coefficient (Wildman–Crippen LogP) is 5.20. The number of para-hydroxylation sites is 1. The summed E-state index contributed by atoms with van der Waals surface area (Å²) in [6, 6.07) is 18.6. The normalized spacial score (nSPS) is 14.4. The van der Waals surface area contributed by atoms with Gasteiger partial charge in [0.25, 0.3) is 5.56 Å². The zero-order valence-corrected chi connectivity index (χ0v) is 29.1. The van der Waals surface area contributed by atoms with Gasteiger partial charge >= 0.3 is 11.9 Å². The summed E-state index contributed by atoms with van der Waals surface area (Å²) in [7, 11) is 1.27. The molecule has 1 atom stereocenters. The van der Waals surface area contributed by atoms with Gasteiger partial charge in [0.1, 0.15) is 5.82 Å². The molecule has 0 unspecified atom stereocenters. The van der Waals surface area contributed by atoms with Crippen LogP contribution in [-0.4, -0.2) is 48.0 Å². The van der Waals surface area contributed by atoms with Gasteiger partial charge in [-0.3, -0.25) is 9.36 Å². The van der Waals surface area contributed by atoms with E-state index in [0.29, 0.717) is 50.8 Å². The lowest BCUT2D eigenvalue weighted by molar-refractivity contribution is -0.143. The van der Waals surface area contributed by atoms with Crippen LogP contribution in [0.1, 0.15) is 49.2 Å². The van der Waals surface area contributed by atoms with Gasteiger partial charge in [0, 0.05) is 27.7 Å². The monoisotopic (exact) mass is 697 g/mol. The highest BCUT2D eigenvalue weighted by Crippen LogP contribution is 2.36. The topological polar surface area (TPSA) is 110 Å².